The van der Waals surface area contributed by atoms with Gasteiger partial charge in [0.15, 0.2) is 0 Å². The van der Waals surface area contributed by atoms with Gasteiger partial charge in [0, 0.05) is 21.1 Å². The summed E-state index contributed by atoms with van der Waals surface area (Å²) in [4.78, 5) is 26.1. The second-order valence-electron chi connectivity index (χ2n) is 5.80. The van der Waals surface area contributed by atoms with Crippen LogP contribution in [0.15, 0.2) is 47.4 Å². The lowest BCUT2D eigenvalue weighted by Crippen LogP contribution is -2.29. The number of benzene rings is 2. The monoisotopic (exact) mass is 410 g/mol. The molecule has 0 bridgehead atoms. The number of ether oxygens (including phenoxy) is 1. The second-order valence-corrected chi connectivity index (χ2v) is 8.36. The largest absolute Gasteiger partial charge is 0.465 e. The third kappa shape index (κ3) is 4.13. The highest BCUT2D eigenvalue weighted by Gasteiger charge is 2.24. The van der Waals surface area contributed by atoms with Crippen LogP contribution in [-0.2, 0) is 14.8 Å². The van der Waals surface area contributed by atoms with Crippen molar-refractivity contribution < 1.29 is 22.7 Å². The fourth-order valence-corrected chi connectivity index (χ4v) is 3.51. The smallest absolute Gasteiger partial charge is 0.339 e. The Hall–Kier alpha value is -2.42. The molecule has 0 saturated carbocycles. The van der Waals surface area contributed by atoms with Gasteiger partial charge in [-0.15, -0.1) is 0 Å². The minimum atomic E-state index is -3.74. The molecule has 0 unspecified atom stereocenters. The quantitative estimate of drug-likeness (QED) is 0.707. The molecular formula is C18H19ClN2O5S. The number of amides is 1. The molecule has 0 aromatic heterocycles. The van der Waals surface area contributed by atoms with Crippen molar-refractivity contribution in [1.82, 2.24) is 4.31 Å². The van der Waals surface area contributed by atoms with E-state index in [4.69, 9.17) is 16.3 Å². The van der Waals surface area contributed by atoms with Crippen LogP contribution < -0.4 is 4.90 Å². The minimum absolute atomic E-state index is 0.00163. The standard InChI is InChI=1S/C18H19ClN2O5S/c1-20(2)27(24,25)12-9-10-15(19)14(11-12)17(22)21(3)16-8-6-5-7-13(16)18(23)26-4/h5-11H,1-4H3. The fourth-order valence-electron chi connectivity index (χ4n) is 2.38. The van der Waals surface area contributed by atoms with E-state index < -0.39 is 21.9 Å². The Morgan fingerprint density at radius 2 is 1.63 bits per heavy atom. The molecule has 9 heteroatoms. The molecule has 0 spiro atoms. The molecule has 7 nitrogen and oxygen atoms in total. The number of rotatable bonds is 5. The topological polar surface area (TPSA) is 84.0 Å². The summed E-state index contributed by atoms with van der Waals surface area (Å²) in [5.74, 6) is -1.16. The maximum Gasteiger partial charge on any atom is 0.339 e. The van der Waals surface area contributed by atoms with Crippen LogP contribution in [0, 0.1) is 0 Å². The highest BCUT2D eigenvalue weighted by Crippen LogP contribution is 2.27. The molecule has 0 aliphatic rings. The van der Waals surface area contributed by atoms with Crippen molar-refractivity contribution in [1.29, 1.82) is 0 Å². The van der Waals surface area contributed by atoms with E-state index in [0.29, 0.717) is 5.69 Å². The Kier molecular flexibility index (Phi) is 6.25. The van der Waals surface area contributed by atoms with E-state index in [1.54, 1.807) is 18.2 Å². The lowest BCUT2D eigenvalue weighted by atomic mass is 10.1. The van der Waals surface area contributed by atoms with Gasteiger partial charge >= 0.3 is 5.97 Å². The van der Waals surface area contributed by atoms with Crippen LogP contribution >= 0.6 is 11.6 Å². The maximum atomic E-state index is 13.0. The molecule has 0 saturated heterocycles. The van der Waals surface area contributed by atoms with E-state index in [0.717, 1.165) is 4.31 Å². The molecule has 2 aromatic rings. The number of esters is 1. The molecule has 0 atom stereocenters. The van der Waals surface area contributed by atoms with Crippen molar-refractivity contribution in [3.63, 3.8) is 0 Å². The number of carbonyl (C=O) groups excluding carboxylic acids is 2. The average Bonchev–Trinajstić information content (AvgIpc) is 2.66. The van der Waals surface area contributed by atoms with Crippen LogP contribution in [0.4, 0.5) is 5.69 Å². The second kappa shape index (κ2) is 8.08. The number of para-hydroxylation sites is 1. The van der Waals surface area contributed by atoms with Crippen LogP contribution in [0.5, 0.6) is 0 Å². The molecule has 1 amide bonds. The van der Waals surface area contributed by atoms with Crippen LogP contribution in [0.1, 0.15) is 20.7 Å². The first-order chi connectivity index (χ1) is 12.6. The number of hydrogen-bond acceptors (Lipinski definition) is 5. The molecule has 0 radical (unpaired) electrons. The Labute approximate surface area is 163 Å². The Morgan fingerprint density at radius 3 is 2.22 bits per heavy atom. The molecule has 0 heterocycles. The van der Waals surface area contributed by atoms with Crippen LogP contribution in [0.3, 0.4) is 0 Å². The summed E-state index contributed by atoms with van der Waals surface area (Å²) in [5.41, 5.74) is 0.511. The third-order valence-corrected chi connectivity index (χ3v) is 6.06. The number of anilines is 1. The van der Waals surface area contributed by atoms with Crippen molar-refractivity contribution in [3.8, 4) is 0 Å². The Bertz CT molecular complexity index is 989. The summed E-state index contributed by atoms with van der Waals surface area (Å²) in [7, 11) is 1.76. The summed E-state index contributed by atoms with van der Waals surface area (Å²) in [6.07, 6.45) is 0. The zero-order valence-corrected chi connectivity index (χ0v) is 16.8. The van der Waals surface area contributed by atoms with E-state index in [2.05, 4.69) is 0 Å². The molecule has 2 aromatic carbocycles. The maximum absolute atomic E-state index is 13.0. The molecule has 2 rings (SSSR count). The van der Waals surface area contributed by atoms with Crippen LogP contribution in [-0.4, -0.2) is 52.9 Å². The highest BCUT2D eigenvalue weighted by molar-refractivity contribution is 7.89. The fraction of sp³-hybridized carbons (Fsp3) is 0.222. The van der Waals surface area contributed by atoms with Gasteiger partial charge in [-0.05, 0) is 30.3 Å². The minimum Gasteiger partial charge on any atom is -0.465 e. The van der Waals surface area contributed by atoms with Crippen LogP contribution in [0.2, 0.25) is 5.02 Å². The van der Waals surface area contributed by atoms with E-state index in [1.807, 2.05) is 0 Å². The van der Waals surface area contributed by atoms with E-state index in [-0.39, 0.29) is 21.0 Å². The number of sulfonamides is 1. The van der Waals surface area contributed by atoms with Crippen molar-refractivity contribution in [2.24, 2.45) is 0 Å². The van der Waals surface area contributed by atoms with Gasteiger partial charge in [0.25, 0.3) is 5.91 Å². The normalized spacial score (nSPS) is 11.3. The lowest BCUT2D eigenvalue weighted by molar-refractivity contribution is 0.0601. The van der Waals surface area contributed by atoms with Gasteiger partial charge in [0.1, 0.15) is 0 Å². The van der Waals surface area contributed by atoms with Gasteiger partial charge in [0.2, 0.25) is 10.0 Å². The number of halogens is 1. The molecule has 144 valence electrons. The summed E-state index contributed by atoms with van der Waals surface area (Å²) in [6.45, 7) is 0. The SMILES string of the molecule is COC(=O)c1ccccc1N(C)C(=O)c1cc(S(=O)(=O)N(C)C)ccc1Cl. The van der Waals surface area contributed by atoms with Crippen molar-refractivity contribution in [3.05, 3.63) is 58.6 Å². The Morgan fingerprint density at radius 1 is 1.00 bits per heavy atom. The number of methoxy groups -OCH3 is 1. The van der Waals surface area contributed by atoms with Gasteiger partial charge < -0.3 is 9.64 Å². The van der Waals surface area contributed by atoms with Crippen molar-refractivity contribution in [2.75, 3.05) is 33.2 Å². The molecule has 0 fully saturated rings. The van der Waals surface area contributed by atoms with Crippen molar-refractivity contribution >= 4 is 39.2 Å². The van der Waals surface area contributed by atoms with Gasteiger partial charge in [-0.3, -0.25) is 4.79 Å². The third-order valence-electron chi connectivity index (χ3n) is 3.92. The molecule has 27 heavy (non-hydrogen) atoms. The molecule has 0 N–H and O–H groups in total. The number of carbonyl (C=O) groups is 2. The van der Waals surface area contributed by atoms with E-state index >= 15 is 0 Å². The zero-order valence-electron chi connectivity index (χ0n) is 15.3. The Balaban J connectivity index is 2.52. The van der Waals surface area contributed by atoms with Crippen LogP contribution in [0.25, 0.3) is 0 Å². The summed E-state index contributed by atoms with van der Waals surface area (Å²) < 4.78 is 30.5. The van der Waals surface area contributed by atoms with E-state index in [9.17, 15) is 18.0 Å². The predicted octanol–water partition coefficient (Wildman–Crippen LogP) is 2.65. The summed E-state index contributed by atoms with van der Waals surface area (Å²) in [6, 6.07) is 10.3. The van der Waals surface area contributed by atoms with Crippen molar-refractivity contribution in [2.45, 2.75) is 4.90 Å². The first kappa shape index (κ1) is 20.9. The lowest BCUT2D eigenvalue weighted by Gasteiger charge is -2.21. The highest BCUT2D eigenvalue weighted by atomic mass is 35.5. The first-order valence-electron chi connectivity index (χ1n) is 7.78. The van der Waals surface area contributed by atoms with Gasteiger partial charge in [-0.2, -0.15) is 0 Å². The average molecular weight is 411 g/mol. The number of hydrogen-bond donors (Lipinski definition) is 0. The molecule has 0 aliphatic carbocycles. The summed E-state index contributed by atoms with van der Waals surface area (Å²) >= 11 is 6.13. The number of nitrogens with zero attached hydrogens (tertiary/aromatic N) is 2. The summed E-state index contributed by atoms with van der Waals surface area (Å²) in [5, 5.41) is 0.0973. The predicted molar refractivity (Wildman–Crippen MR) is 103 cm³/mol. The van der Waals surface area contributed by atoms with E-state index in [1.165, 1.54) is 57.4 Å². The van der Waals surface area contributed by atoms with Gasteiger partial charge in [-0.1, -0.05) is 23.7 Å². The zero-order chi connectivity index (χ0) is 20.4. The first-order valence-corrected chi connectivity index (χ1v) is 9.60. The molecule has 0 aliphatic heterocycles. The molecular weight excluding hydrogens is 392 g/mol. The van der Waals surface area contributed by atoms with Gasteiger partial charge in [0.05, 0.1) is 33.8 Å². The van der Waals surface area contributed by atoms with Gasteiger partial charge in [-0.25, -0.2) is 17.5 Å².